The van der Waals surface area contributed by atoms with E-state index in [1.165, 1.54) is 11.1 Å². The Bertz CT molecular complexity index is 900. The van der Waals surface area contributed by atoms with E-state index in [1.54, 1.807) is 6.20 Å². The summed E-state index contributed by atoms with van der Waals surface area (Å²) in [6, 6.07) is 16.0. The van der Waals surface area contributed by atoms with Crippen LogP contribution >= 0.6 is 0 Å². The van der Waals surface area contributed by atoms with Crippen molar-refractivity contribution < 1.29 is 9.53 Å². The van der Waals surface area contributed by atoms with E-state index in [0.717, 1.165) is 23.4 Å². The van der Waals surface area contributed by atoms with Gasteiger partial charge in [0.1, 0.15) is 5.75 Å². The number of ether oxygens (including phenoxy) is 1. The van der Waals surface area contributed by atoms with Gasteiger partial charge in [0.2, 0.25) is 0 Å². The fourth-order valence-electron chi connectivity index (χ4n) is 3.17. The lowest BCUT2D eigenvalue weighted by Gasteiger charge is -2.12. The molecule has 1 aromatic heterocycles. The van der Waals surface area contributed by atoms with Gasteiger partial charge in [0.15, 0.2) is 6.61 Å². The van der Waals surface area contributed by atoms with Crippen molar-refractivity contribution in [2.24, 2.45) is 0 Å². The molecule has 3 aromatic rings. The quantitative estimate of drug-likeness (QED) is 0.644. The van der Waals surface area contributed by atoms with Gasteiger partial charge in [-0.15, -0.1) is 0 Å². The molecule has 3 rings (SSSR count). The predicted octanol–water partition coefficient (Wildman–Crippen LogP) is 4.04. The van der Waals surface area contributed by atoms with Crippen LogP contribution in [-0.4, -0.2) is 28.8 Å². The maximum absolute atomic E-state index is 12.0. The zero-order valence-electron chi connectivity index (χ0n) is 16.7. The SMILES string of the molecule is Cc1cc(OCC(=O)NCCc2ccc(-n3cccn3)cc2)ccc1C(C)C. The van der Waals surface area contributed by atoms with Crippen molar-refractivity contribution in [3.8, 4) is 11.4 Å². The number of benzene rings is 2. The highest BCUT2D eigenvalue weighted by molar-refractivity contribution is 5.77. The third-order valence-electron chi connectivity index (χ3n) is 4.67. The van der Waals surface area contributed by atoms with Crippen LogP contribution in [0.4, 0.5) is 0 Å². The van der Waals surface area contributed by atoms with Crippen LogP contribution in [0.25, 0.3) is 5.69 Å². The molecule has 1 heterocycles. The minimum Gasteiger partial charge on any atom is -0.484 e. The molecule has 0 aliphatic carbocycles. The van der Waals surface area contributed by atoms with Crippen LogP contribution in [0.3, 0.4) is 0 Å². The van der Waals surface area contributed by atoms with E-state index in [-0.39, 0.29) is 12.5 Å². The van der Waals surface area contributed by atoms with Gasteiger partial charge >= 0.3 is 0 Å². The summed E-state index contributed by atoms with van der Waals surface area (Å²) in [6.07, 6.45) is 4.44. The average Bonchev–Trinajstić information content (AvgIpc) is 3.21. The number of rotatable bonds is 8. The summed E-state index contributed by atoms with van der Waals surface area (Å²) in [5.74, 6) is 1.09. The van der Waals surface area contributed by atoms with Crippen LogP contribution in [0.15, 0.2) is 60.9 Å². The van der Waals surface area contributed by atoms with E-state index in [4.69, 9.17) is 4.74 Å². The lowest BCUT2D eigenvalue weighted by atomic mass is 9.98. The smallest absolute Gasteiger partial charge is 0.257 e. The first-order valence-corrected chi connectivity index (χ1v) is 9.62. The van der Waals surface area contributed by atoms with Gasteiger partial charge in [0.05, 0.1) is 5.69 Å². The van der Waals surface area contributed by atoms with E-state index in [1.807, 2.05) is 41.2 Å². The summed E-state index contributed by atoms with van der Waals surface area (Å²) >= 11 is 0. The number of amides is 1. The molecule has 0 atom stereocenters. The second-order valence-corrected chi connectivity index (χ2v) is 7.18. The molecular weight excluding hydrogens is 350 g/mol. The fraction of sp³-hybridized carbons (Fsp3) is 0.304. The maximum Gasteiger partial charge on any atom is 0.257 e. The molecule has 2 aromatic carbocycles. The Kier molecular flexibility index (Phi) is 6.48. The maximum atomic E-state index is 12.0. The van der Waals surface area contributed by atoms with Gasteiger partial charge in [-0.25, -0.2) is 4.68 Å². The zero-order chi connectivity index (χ0) is 19.9. The van der Waals surface area contributed by atoms with Gasteiger partial charge in [0.25, 0.3) is 5.91 Å². The van der Waals surface area contributed by atoms with E-state index in [9.17, 15) is 4.79 Å². The summed E-state index contributed by atoms with van der Waals surface area (Å²) in [6.45, 7) is 7.01. The lowest BCUT2D eigenvalue weighted by Crippen LogP contribution is -2.30. The third kappa shape index (κ3) is 5.22. The van der Waals surface area contributed by atoms with Crippen molar-refractivity contribution in [1.82, 2.24) is 15.1 Å². The van der Waals surface area contributed by atoms with Crippen LogP contribution in [0.1, 0.15) is 36.5 Å². The second kappa shape index (κ2) is 9.22. The van der Waals surface area contributed by atoms with Gasteiger partial charge in [-0.1, -0.05) is 32.0 Å². The molecule has 0 aliphatic rings. The number of carbonyl (C=O) groups excluding carboxylic acids is 1. The topological polar surface area (TPSA) is 56.1 Å². The standard InChI is InChI=1S/C23H27N3O2/c1-17(2)22-10-9-21(15-18(22)3)28-16-23(27)24-13-11-19-5-7-20(8-6-19)26-14-4-12-25-26/h4-10,12,14-15,17H,11,13,16H2,1-3H3,(H,24,27). The van der Waals surface area contributed by atoms with Crippen molar-refractivity contribution >= 4 is 5.91 Å². The fourth-order valence-corrected chi connectivity index (χ4v) is 3.17. The van der Waals surface area contributed by atoms with E-state index >= 15 is 0 Å². The molecule has 0 fully saturated rings. The Morgan fingerprint density at radius 3 is 2.61 bits per heavy atom. The highest BCUT2D eigenvalue weighted by Crippen LogP contribution is 2.23. The summed E-state index contributed by atoms with van der Waals surface area (Å²) in [7, 11) is 0. The molecule has 146 valence electrons. The van der Waals surface area contributed by atoms with Crippen LogP contribution in [0, 0.1) is 6.92 Å². The first-order valence-electron chi connectivity index (χ1n) is 9.62. The largest absolute Gasteiger partial charge is 0.484 e. The highest BCUT2D eigenvalue weighted by Gasteiger charge is 2.07. The van der Waals surface area contributed by atoms with Crippen molar-refractivity contribution in [2.75, 3.05) is 13.2 Å². The molecule has 0 saturated carbocycles. The van der Waals surface area contributed by atoms with Gasteiger partial charge in [-0.3, -0.25) is 4.79 Å². The zero-order valence-corrected chi connectivity index (χ0v) is 16.7. The molecule has 0 unspecified atom stereocenters. The summed E-state index contributed by atoms with van der Waals surface area (Å²) in [4.78, 5) is 12.0. The number of nitrogens with zero attached hydrogens (tertiary/aromatic N) is 2. The van der Waals surface area contributed by atoms with Crippen LogP contribution in [0.5, 0.6) is 5.75 Å². The minimum atomic E-state index is -0.112. The first kappa shape index (κ1) is 19.7. The highest BCUT2D eigenvalue weighted by atomic mass is 16.5. The summed E-state index contributed by atoms with van der Waals surface area (Å²) in [5, 5.41) is 7.12. The summed E-state index contributed by atoms with van der Waals surface area (Å²) in [5.41, 5.74) is 4.67. The normalized spacial score (nSPS) is 10.9. The Labute approximate surface area is 166 Å². The molecule has 5 heteroatoms. The van der Waals surface area contributed by atoms with Crippen molar-refractivity contribution in [3.63, 3.8) is 0 Å². The number of nitrogens with one attached hydrogen (secondary N) is 1. The van der Waals surface area contributed by atoms with Gasteiger partial charge in [0, 0.05) is 18.9 Å². The average molecular weight is 377 g/mol. The second-order valence-electron chi connectivity index (χ2n) is 7.18. The molecule has 0 saturated heterocycles. The Balaban J connectivity index is 1.41. The third-order valence-corrected chi connectivity index (χ3v) is 4.67. The summed E-state index contributed by atoms with van der Waals surface area (Å²) < 4.78 is 7.44. The molecule has 0 aliphatic heterocycles. The molecular formula is C23H27N3O2. The van der Waals surface area contributed by atoms with Crippen molar-refractivity contribution in [3.05, 3.63) is 77.6 Å². The predicted molar refractivity (Wildman–Crippen MR) is 111 cm³/mol. The Hall–Kier alpha value is -3.08. The molecule has 1 amide bonds. The molecule has 1 N–H and O–H groups in total. The molecule has 0 spiro atoms. The van der Waals surface area contributed by atoms with Crippen molar-refractivity contribution in [1.29, 1.82) is 0 Å². The molecule has 0 radical (unpaired) electrons. The number of carbonyl (C=O) groups is 1. The number of aromatic nitrogens is 2. The van der Waals surface area contributed by atoms with Crippen LogP contribution in [-0.2, 0) is 11.2 Å². The lowest BCUT2D eigenvalue weighted by molar-refractivity contribution is -0.123. The first-order chi connectivity index (χ1) is 13.5. The Morgan fingerprint density at radius 2 is 1.96 bits per heavy atom. The van der Waals surface area contributed by atoms with Crippen LogP contribution in [0.2, 0.25) is 0 Å². The van der Waals surface area contributed by atoms with E-state index in [0.29, 0.717) is 12.5 Å². The van der Waals surface area contributed by atoms with Gasteiger partial charge in [-0.2, -0.15) is 5.10 Å². The van der Waals surface area contributed by atoms with E-state index in [2.05, 4.69) is 49.4 Å². The Morgan fingerprint density at radius 1 is 1.18 bits per heavy atom. The van der Waals surface area contributed by atoms with Gasteiger partial charge < -0.3 is 10.1 Å². The van der Waals surface area contributed by atoms with Gasteiger partial charge in [-0.05, 0) is 66.3 Å². The van der Waals surface area contributed by atoms with E-state index < -0.39 is 0 Å². The number of hydrogen-bond acceptors (Lipinski definition) is 3. The number of aryl methyl sites for hydroxylation is 1. The minimum absolute atomic E-state index is 0.0265. The van der Waals surface area contributed by atoms with Crippen LogP contribution < -0.4 is 10.1 Å². The monoisotopic (exact) mass is 377 g/mol. The van der Waals surface area contributed by atoms with Crippen molar-refractivity contribution in [2.45, 2.75) is 33.1 Å². The molecule has 0 bridgehead atoms. The number of hydrogen-bond donors (Lipinski definition) is 1. The molecule has 5 nitrogen and oxygen atoms in total. The molecule has 28 heavy (non-hydrogen) atoms.